The van der Waals surface area contributed by atoms with E-state index < -0.39 is 176 Å². The van der Waals surface area contributed by atoms with Gasteiger partial charge in [-0.15, -0.1) is 0 Å². The molecule has 0 bridgehead atoms. The zero-order valence-electron chi connectivity index (χ0n) is 36.9. The number of ether oxygens (including phenoxy) is 8. The van der Waals surface area contributed by atoms with Crippen molar-refractivity contribution in [1.82, 2.24) is 0 Å². The number of hydrogen-bond donors (Lipinski definition) is 14. The van der Waals surface area contributed by atoms with E-state index in [1.54, 1.807) is 0 Å². The first-order valence-corrected chi connectivity index (χ1v) is 21.5. The van der Waals surface area contributed by atoms with Crippen molar-refractivity contribution in [3.05, 3.63) is 76.5 Å². The molecule has 0 saturated carbocycles. The Labute approximate surface area is 403 Å². The molecule has 15 atom stereocenters. The molecule has 0 radical (unpaired) electrons. The number of phenolic OH excluding ortho intramolecular Hbond substituents is 3. The summed E-state index contributed by atoms with van der Waals surface area (Å²) >= 11 is 0. The highest BCUT2D eigenvalue weighted by Crippen LogP contribution is 2.48. The number of phenols is 3. The molecule has 3 saturated heterocycles. The van der Waals surface area contributed by atoms with Crippen molar-refractivity contribution in [2.45, 2.75) is 98.5 Å². The van der Waals surface area contributed by atoms with E-state index in [1.165, 1.54) is 30.3 Å². The summed E-state index contributed by atoms with van der Waals surface area (Å²) in [6.07, 6.45) is -28.1. The van der Waals surface area contributed by atoms with Gasteiger partial charge in [-0.1, -0.05) is 12.1 Å². The minimum atomic E-state index is -2.15. The predicted molar refractivity (Wildman–Crippen MR) is 231 cm³/mol. The highest BCUT2D eigenvalue weighted by atomic mass is 16.7. The minimum Gasteiger partial charge on any atom is -0.508 e. The van der Waals surface area contributed by atoms with Gasteiger partial charge in [-0.3, -0.25) is 14.4 Å². The molecular formula is C45H48O27. The lowest BCUT2D eigenvalue weighted by atomic mass is 9.99. The molecule has 2 aromatic rings. The lowest BCUT2D eigenvalue weighted by Gasteiger charge is -2.40. The van der Waals surface area contributed by atoms with Crippen molar-refractivity contribution in [2.24, 2.45) is 0 Å². The smallest absolute Gasteiger partial charge is 0.330 e. The zero-order chi connectivity index (χ0) is 52.3. The van der Waals surface area contributed by atoms with Crippen molar-refractivity contribution >= 4 is 24.0 Å². The first-order chi connectivity index (χ1) is 34.1. The number of aliphatic hydroxyl groups excluding tert-OH is 10. The number of fused-ring (bicyclic) bond motifs is 1. The van der Waals surface area contributed by atoms with E-state index >= 15 is 0 Å². The van der Waals surface area contributed by atoms with Gasteiger partial charge < -0.3 is 114 Å². The molecule has 5 aliphatic rings. The van der Waals surface area contributed by atoms with Crippen molar-refractivity contribution < 1.29 is 128 Å². The number of hydrogen-bond acceptors (Lipinski definition) is 26. The zero-order valence-corrected chi connectivity index (χ0v) is 36.9. The van der Waals surface area contributed by atoms with Crippen LogP contribution in [-0.4, -0.2) is 201 Å². The van der Waals surface area contributed by atoms with Gasteiger partial charge in [0.1, 0.15) is 110 Å². The second-order valence-electron chi connectivity index (χ2n) is 16.5. The Bertz CT molecular complexity index is 2620. The Balaban J connectivity index is 1.27. The standard InChI is InChI=1S/C45H48O27/c46-13-26-33(55)36(58)39(61)43(70-26)67-23-7-17(8-24(32(23)54)68-44-40(62)37(59)34(56)27(71-44)14-64-30(52)6-3-16-1-4-18(47)5-2-16)42-25(11-20-21(49)9-19(48)10-22(20)66-42)69-45-41(63)38(60)35(57)28(72-45)15-65-31(53)12-29(50)51/h1-11,26-28,33-41,43-47,49,54-63H,12-15H2,(H,50,51)/t26-,27+,28+,33+,34+,35+,36-,37-,38-,39-,40+,41+,43+,44+,45+/m0/s1. The van der Waals surface area contributed by atoms with Gasteiger partial charge in [0.2, 0.25) is 24.6 Å². The van der Waals surface area contributed by atoms with Crippen LogP contribution in [0.3, 0.4) is 0 Å². The van der Waals surface area contributed by atoms with Crippen LogP contribution in [0, 0.1) is 0 Å². The average Bonchev–Trinajstić information content (AvgIpc) is 3.34. The summed E-state index contributed by atoms with van der Waals surface area (Å²) in [6, 6.07) is 10.3. The normalized spacial score (nSPS) is 30.7. The molecule has 390 valence electrons. The first kappa shape index (κ1) is 53.1. The average molecular weight is 1020 g/mol. The maximum absolute atomic E-state index is 12.6. The molecule has 3 fully saturated rings. The van der Waals surface area contributed by atoms with Gasteiger partial charge in [0.15, 0.2) is 28.4 Å². The van der Waals surface area contributed by atoms with Crippen LogP contribution in [-0.2, 0) is 38.1 Å². The Morgan fingerprint density at radius 1 is 0.597 bits per heavy atom. The van der Waals surface area contributed by atoms with Crippen LogP contribution in [0.4, 0.5) is 0 Å². The molecule has 0 spiro atoms. The van der Waals surface area contributed by atoms with Gasteiger partial charge in [0, 0.05) is 23.8 Å². The van der Waals surface area contributed by atoms with Crippen LogP contribution in [0.5, 0.6) is 34.5 Å². The van der Waals surface area contributed by atoms with Gasteiger partial charge in [-0.25, -0.2) is 4.79 Å². The Morgan fingerprint density at radius 2 is 1.10 bits per heavy atom. The Morgan fingerprint density at radius 3 is 1.62 bits per heavy atom. The molecule has 1 aliphatic carbocycles. The summed E-state index contributed by atoms with van der Waals surface area (Å²) < 4.78 is 50.4. The van der Waals surface area contributed by atoms with Crippen molar-refractivity contribution in [2.75, 3.05) is 19.8 Å². The van der Waals surface area contributed by atoms with Gasteiger partial charge in [0.05, 0.1) is 12.2 Å². The topological polar surface area (TPSA) is 438 Å². The van der Waals surface area contributed by atoms with Crippen LogP contribution in [0.25, 0.3) is 28.7 Å². The van der Waals surface area contributed by atoms with Crippen molar-refractivity contribution in [3.8, 4) is 57.1 Å². The number of benzene rings is 3. The van der Waals surface area contributed by atoms with E-state index in [0.717, 1.165) is 36.4 Å². The molecule has 72 heavy (non-hydrogen) atoms. The summed E-state index contributed by atoms with van der Waals surface area (Å²) in [5.41, 5.74) is -0.906. The molecule has 0 aromatic heterocycles. The number of carboxylic acids is 1. The third-order valence-corrected chi connectivity index (χ3v) is 11.4. The number of rotatable bonds is 16. The lowest BCUT2D eigenvalue weighted by Crippen LogP contribution is -2.60. The number of esters is 2. The highest BCUT2D eigenvalue weighted by Gasteiger charge is 2.49. The number of carbonyl (C=O) groups is 3. The van der Waals surface area contributed by atoms with Crippen LogP contribution in [0.2, 0.25) is 0 Å². The fourth-order valence-corrected chi connectivity index (χ4v) is 7.51. The van der Waals surface area contributed by atoms with Crippen molar-refractivity contribution in [1.29, 1.82) is 0 Å². The monoisotopic (exact) mass is 1020 g/mol. The third-order valence-electron chi connectivity index (χ3n) is 11.4. The molecule has 4 aliphatic heterocycles. The number of carboxylic acid groups (broad SMARTS) is 1. The largest absolute Gasteiger partial charge is 0.508 e. The van der Waals surface area contributed by atoms with E-state index in [9.17, 15) is 85.6 Å². The first-order valence-electron chi connectivity index (χ1n) is 21.5. The predicted octanol–water partition coefficient (Wildman–Crippen LogP) is -3.65. The summed E-state index contributed by atoms with van der Waals surface area (Å²) in [7, 11) is 0. The number of carbonyl (C=O) groups excluding carboxylic acids is 2. The maximum Gasteiger partial charge on any atom is 0.330 e. The quantitative estimate of drug-likeness (QED) is 0.0292. The van der Waals surface area contributed by atoms with E-state index in [1.807, 2.05) is 0 Å². The summed E-state index contributed by atoms with van der Waals surface area (Å²) in [4.78, 5) is 48.2. The molecule has 27 heteroatoms. The fourth-order valence-electron chi connectivity index (χ4n) is 7.51. The van der Waals surface area contributed by atoms with E-state index in [-0.39, 0.29) is 22.6 Å². The molecule has 27 nitrogen and oxygen atoms in total. The van der Waals surface area contributed by atoms with E-state index in [4.69, 9.17) is 47.4 Å². The molecule has 14 N–H and O–H groups in total. The molecule has 0 unspecified atom stereocenters. The van der Waals surface area contributed by atoms with Gasteiger partial charge in [-0.05, 0) is 42.0 Å². The minimum absolute atomic E-state index is 0.0271. The van der Waals surface area contributed by atoms with Crippen LogP contribution in [0.1, 0.15) is 12.0 Å². The van der Waals surface area contributed by atoms with E-state index in [0.29, 0.717) is 5.56 Å². The highest BCUT2D eigenvalue weighted by molar-refractivity contribution is 5.90. The van der Waals surface area contributed by atoms with Gasteiger partial charge in [0.25, 0.3) is 0 Å². The van der Waals surface area contributed by atoms with Gasteiger partial charge >= 0.3 is 17.9 Å². The molecular weight excluding hydrogens is 972 g/mol. The van der Waals surface area contributed by atoms with Gasteiger partial charge in [-0.2, -0.15) is 0 Å². The fraction of sp³-hybridized carbons (Fsp3) is 0.422. The molecule has 7 rings (SSSR count). The number of aromatic hydroxyl groups is 3. The SMILES string of the molecule is O=C(O)CC(=O)OC[C@H]1O[C@@H](Oc2cc3c(O)cc(=O)cc-3oc2-c2cc(O[C@@H]3O[C@@H](CO)[C@@H](O)[C@H](O)[C@@H]3O)c(O)c(O[C@@H]3O[C@H](COC(=O)C=Cc4ccc(O)cc4)[C@@H](O)[C@H](O)[C@H]3O)c2)[C@H](O)[C@@H](O)[C@@H]1O. The molecule has 4 heterocycles. The Kier molecular flexibility index (Phi) is 16.5. The van der Waals surface area contributed by atoms with E-state index in [2.05, 4.69) is 0 Å². The summed E-state index contributed by atoms with van der Waals surface area (Å²) in [5.74, 6) is -8.59. The van der Waals surface area contributed by atoms with Crippen molar-refractivity contribution in [3.63, 3.8) is 0 Å². The maximum atomic E-state index is 12.6. The number of aliphatic hydroxyl groups is 10. The molecule has 0 amide bonds. The molecule has 2 aromatic carbocycles. The van der Waals surface area contributed by atoms with Crippen LogP contribution >= 0.6 is 0 Å². The lowest BCUT2D eigenvalue weighted by molar-refractivity contribution is -0.279. The number of aliphatic carboxylic acids is 1. The second-order valence-corrected chi connectivity index (χ2v) is 16.5. The van der Waals surface area contributed by atoms with Crippen LogP contribution in [0.15, 0.2) is 69.9 Å². The summed E-state index contributed by atoms with van der Waals surface area (Å²) in [5, 5.41) is 148. The van der Waals surface area contributed by atoms with Crippen LogP contribution < -0.4 is 19.6 Å². The Hall–Kier alpha value is -6.70. The third kappa shape index (κ3) is 11.8. The summed E-state index contributed by atoms with van der Waals surface area (Å²) in [6.45, 7) is -2.56. The second kappa shape index (κ2) is 22.4.